The molecule has 0 bridgehead atoms. The molecule has 2 amide bonds. The number of benzene rings is 1. The van der Waals surface area contributed by atoms with Gasteiger partial charge in [0, 0.05) is 7.05 Å². The number of thiophene rings is 1. The van der Waals surface area contributed by atoms with E-state index in [-0.39, 0.29) is 17.6 Å². The van der Waals surface area contributed by atoms with Crippen LogP contribution in [0.4, 0.5) is 5.00 Å². The smallest absolute Gasteiger partial charge is 0.291 e. The Morgan fingerprint density at radius 1 is 1.18 bits per heavy atom. The van der Waals surface area contributed by atoms with Gasteiger partial charge in [0.1, 0.15) is 5.01 Å². The Balaban J connectivity index is 1.47. The number of hydrogen-bond donors (Lipinski definition) is 1. The number of carbonyl (C=O) groups is 2. The lowest BCUT2D eigenvalue weighted by atomic mass is 10.2. The first-order valence-electron chi connectivity index (χ1n) is 8.56. The van der Waals surface area contributed by atoms with Gasteiger partial charge < -0.3 is 14.6 Å². The summed E-state index contributed by atoms with van der Waals surface area (Å²) in [4.78, 5) is 31.8. The molecule has 142 valence electrons. The van der Waals surface area contributed by atoms with Crippen molar-refractivity contribution >= 4 is 49.7 Å². The van der Waals surface area contributed by atoms with Crippen LogP contribution in [0, 0.1) is 6.92 Å². The normalized spacial score (nSPS) is 10.9. The lowest BCUT2D eigenvalue weighted by Crippen LogP contribution is -2.25. The summed E-state index contributed by atoms with van der Waals surface area (Å²) >= 11 is 2.84. The predicted octanol–water partition coefficient (Wildman–Crippen LogP) is 4.78. The van der Waals surface area contributed by atoms with Gasteiger partial charge in [-0.1, -0.05) is 12.1 Å². The van der Waals surface area contributed by atoms with Gasteiger partial charge in [-0.15, -0.1) is 22.7 Å². The van der Waals surface area contributed by atoms with E-state index in [1.807, 2.05) is 31.2 Å². The second-order valence-corrected chi connectivity index (χ2v) is 8.46. The van der Waals surface area contributed by atoms with Gasteiger partial charge in [0.05, 0.1) is 32.9 Å². The van der Waals surface area contributed by atoms with E-state index < -0.39 is 0 Å². The van der Waals surface area contributed by atoms with Crippen LogP contribution in [-0.4, -0.2) is 28.7 Å². The van der Waals surface area contributed by atoms with Crippen molar-refractivity contribution in [3.05, 3.63) is 69.9 Å². The molecule has 1 N–H and O–H groups in total. The van der Waals surface area contributed by atoms with Crippen LogP contribution < -0.4 is 5.32 Å². The third-order valence-electron chi connectivity index (χ3n) is 4.15. The minimum absolute atomic E-state index is 0.0970. The fraction of sp³-hybridized carbons (Fsp3) is 0.150. The predicted molar refractivity (Wildman–Crippen MR) is 111 cm³/mol. The van der Waals surface area contributed by atoms with Crippen LogP contribution in [0.2, 0.25) is 0 Å². The standard InChI is InChI=1S/C20H17N3O3S2/c1-12-10-16(22-19(24)14-7-5-9-26-14)28-18(12)20(25)23(2)11-17-21-13-6-3-4-8-15(13)27-17/h3-10H,11H2,1-2H3,(H,22,24). The minimum Gasteiger partial charge on any atom is -0.459 e. The van der Waals surface area contributed by atoms with E-state index in [2.05, 4.69) is 10.3 Å². The summed E-state index contributed by atoms with van der Waals surface area (Å²) in [5, 5.41) is 4.27. The minimum atomic E-state index is -0.340. The van der Waals surface area contributed by atoms with Gasteiger partial charge in [-0.25, -0.2) is 4.98 Å². The van der Waals surface area contributed by atoms with Crippen LogP contribution in [0.15, 0.2) is 53.1 Å². The summed E-state index contributed by atoms with van der Waals surface area (Å²) in [5.74, 6) is -0.208. The largest absolute Gasteiger partial charge is 0.459 e. The Bertz CT molecular complexity index is 1110. The molecule has 0 aliphatic rings. The Hall–Kier alpha value is -2.97. The molecule has 3 heterocycles. The molecule has 3 aromatic heterocycles. The molecule has 0 spiro atoms. The second-order valence-electron chi connectivity index (χ2n) is 6.29. The SMILES string of the molecule is Cc1cc(NC(=O)c2ccco2)sc1C(=O)N(C)Cc1nc2ccccc2s1. The number of thiazole rings is 1. The van der Waals surface area contributed by atoms with Crippen LogP contribution in [0.3, 0.4) is 0 Å². The van der Waals surface area contributed by atoms with Crippen molar-refractivity contribution in [3.8, 4) is 0 Å². The highest BCUT2D eigenvalue weighted by atomic mass is 32.1. The number of carbonyl (C=O) groups excluding carboxylic acids is 2. The first kappa shape index (κ1) is 18.4. The lowest BCUT2D eigenvalue weighted by molar-refractivity contribution is 0.0789. The Kier molecular flexibility index (Phi) is 4.97. The van der Waals surface area contributed by atoms with Crippen molar-refractivity contribution in [2.45, 2.75) is 13.5 Å². The van der Waals surface area contributed by atoms with Gasteiger partial charge in [-0.2, -0.15) is 0 Å². The first-order valence-corrected chi connectivity index (χ1v) is 10.2. The van der Waals surface area contributed by atoms with Gasteiger partial charge in [-0.3, -0.25) is 9.59 Å². The third-order valence-corrected chi connectivity index (χ3v) is 6.31. The van der Waals surface area contributed by atoms with Crippen molar-refractivity contribution in [1.29, 1.82) is 0 Å². The molecule has 6 nitrogen and oxygen atoms in total. The van der Waals surface area contributed by atoms with Crippen molar-refractivity contribution in [3.63, 3.8) is 0 Å². The highest BCUT2D eigenvalue weighted by Crippen LogP contribution is 2.29. The maximum atomic E-state index is 12.9. The van der Waals surface area contributed by atoms with E-state index in [4.69, 9.17) is 4.42 Å². The lowest BCUT2D eigenvalue weighted by Gasteiger charge is -2.15. The zero-order valence-corrected chi connectivity index (χ0v) is 16.9. The van der Waals surface area contributed by atoms with Crippen molar-refractivity contribution in [2.75, 3.05) is 12.4 Å². The van der Waals surface area contributed by atoms with Crippen molar-refractivity contribution in [2.24, 2.45) is 0 Å². The fourth-order valence-corrected chi connectivity index (χ4v) is 4.86. The number of para-hydroxylation sites is 1. The van der Waals surface area contributed by atoms with E-state index in [9.17, 15) is 9.59 Å². The number of furan rings is 1. The number of fused-ring (bicyclic) bond motifs is 1. The maximum Gasteiger partial charge on any atom is 0.291 e. The third kappa shape index (κ3) is 3.69. The summed E-state index contributed by atoms with van der Waals surface area (Å²) in [6.07, 6.45) is 1.44. The van der Waals surface area contributed by atoms with Gasteiger partial charge in [-0.05, 0) is 42.8 Å². The quantitative estimate of drug-likeness (QED) is 0.513. The monoisotopic (exact) mass is 411 g/mol. The zero-order valence-electron chi connectivity index (χ0n) is 15.3. The van der Waals surface area contributed by atoms with Crippen molar-refractivity contribution in [1.82, 2.24) is 9.88 Å². The van der Waals surface area contributed by atoms with E-state index >= 15 is 0 Å². The van der Waals surface area contributed by atoms with E-state index in [1.165, 1.54) is 17.6 Å². The molecule has 4 aromatic rings. The molecule has 8 heteroatoms. The fourth-order valence-electron chi connectivity index (χ4n) is 2.77. The summed E-state index contributed by atoms with van der Waals surface area (Å²) in [6, 6.07) is 13.0. The Morgan fingerprint density at radius 3 is 2.75 bits per heavy atom. The summed E-state index contributed by atoms with van der Waals surface area (Å²) in [5.41, 5.74) is 1.76. The molecule has 0 aliphatic carbocycles. The number of nitrogens with one attached hydrogen (secondary N) is 1. The molecular formula is C20H17N3O3S2. The molecule has 0 fully saturated rings. The molecule has 1 aromatic carbocycles. The highest BCUT2D eigenvalue weighted by Gasteiger charge is 2.20. The number of aromatic nitrogens is 1. The number of nitrogens with zero attached hydrogens (tertiary/aromatic N) is 2. The van der Waals surface area contributed by atoms with Crippen LogP contribution in [0.5, 0.6) is 0 Å². The summed E-state index contributed by atoms with van der Waals surface area (Å²) in [7, 11) is 1.76. The number of anilines is 1. The zero-order chi connectivity index (χ0) is 19.7. The average Bonchev–Trinajstić information content (AvgIpc) is 3.40. The van der Waals surface area contributed by atoms with Crippen LogP contribution in [0.25, 0.3) is 10.2 Å². The first-order chi connectivity index (χ1) is 13.5. The molecule has 28 heavy (non-hydrogen) atoms. The number of hydrogen-bond acceptors (Lipinski definition) is 6. The second kappa shape index (κ2) is 7.57. The molecule has 0 saturated heterocycles. The molecule has 0 unspecified atom stereocenters. The van der Waals surface area contributed by atoms with E-state index in [0.29, 0.717) is 16.4 Å². The number of aryl methyl sites for hydroxylation is 1. The van der Waals surface area contributed by atoms with Crippen LogP contribution in [-0.2, 0) is 6.54 Å². The van der Waals surface area contributed by atoms with Gasteiger partial charge in [0.15, 0.2) is 5.76 Å². The van der Waals surface area contributed by atoms with Gasteiger partial charge in [0.2, 0.25) is 0 Å². The molecular weight excluding hydrogens is 394 g/mol. The van der Waals surface area contributed by atoms with Crippen LogP contribution in [0.1, 0.15) is 30.8 Å². The summed E-state index contributed by atoms with van der Waals surface area (Å²) in [6.45, 7) is 2.29. The number of rotatable bonds is 5. The Labute approximate surface area is 169 Å². The van der Waals surface area contributed by atoms with Gasteiger partial charge >= 0.3 is 0 Å². The molecule has 0 saturated carbocycles. The molecule has 0 atom stereocenters. The molecule has 0 aliphatic heterocycles. The van der Waals surface area contributed by atoms with Crippen LogP contribution >= 0.6 is 22.7 Å². The number of amides is 2. The maximum absolute atomic E-state index is 12.9. The van der Waals surface area contributed by atoms with Gasteiger partial charge in [0.25, 0.3) is 11.8 Å². The van der Waals surface area contributed by atoms with Crippen molar-refractivity contribution < 1.29 is 14.0 Å². The Morgan fingerprint density at radius 2 is 2.00 bits per heavy atom. The molecule has 4 rings (SSSR count). The topological polar surface area (TPSA) is 75.4 Å². The average molecular weight is 412 g/mol. The highest BCUT2D eigenvalue weighted by molar-refractivity contribution is 7.18. The van der Waals surface area contributed by atoms with E-state index in [1.54, 1.807) is 41.5 Å². The molecule has 0 radical (unpaired) electrons. The van der Waals surface area contributed by atoms with E-state index in [0.717, 1.165) is 20.8 Å². The summed E-state index contributed by atoms with van der Waals surface area (Å²) < 4.78 is 6.20.